The minimum Gasteiger partial charge on any atom is -0.310 e. The number of nitrogens with zero attached hydrogens (tertiary/aromatic N) is 2. The SMILES string of the molecule is Cc1ccc(-c2cccc(N(c3ccc(-c4sc(-c5ccc(N6c7ccccc7Sc7ccccc76)cc5)c(-c5ccccc5)c4-c4ccccc4)cc3)c3cccc(-c4ccc(C)cc4)c3)c2)cc1. The molecule has 0 aliphatic carbocycles. The lowest BCUT2D eigenvalue weighted by Gasteiger charge is -2.32. The van der Waals surface area contributed by atoms with E-state index in [9.17, 15) is 0 Å². The molecule has 12 rings (SSSR count). The second kappa shape index (κ2) is 18.7. The van der Waals surface area contributed by atoms with Crippen LogP contribution in [0.2, 0.25) is 0 Å². The first-order valence-electron chi connectivity index (χ1n) is 23.8. The summed E-state index contributed by atoms with van der Waals surface area (Å²) < 4.78 is 0. The molecule has 0 spiro atoms. The molecule has 11 aromatic rings. The Morgan fingerprint density at radius 3 is 1.19 bits per heavy atom. The number of thiophene rings is 1. The van der Waals surface area contributed by atoms with Crippen LogP contribution in [0.3, 0.4) is 0 Å². The third kappa shape index (κ3) is 8.32. The van der Waals surface area contributed by atoms with Crippen molar-refractivity contribution in [2.24, 2.45) is 0 Å². The van der Waals surface area contributed by atoms with E-state index in [4.69, 9.17) is 0 Å². The van der Waals surface area contributed by atoms with E-state index < -0.39 is 0 Å². The number of benzene rings is 10. The Balaban J connectivity index is 0.989. The molecule has 0 saturated heterocycles. The predicted molar refractivity (Wildman–Crippen MR) is 300 cm³/mol. The monoisotopic (exact) mass is 932 g/mol. The van der Waals surface area contributed by atoms with E-state index in [2.05, 4.69) is 278 Å². The van der Waals surface area contributed by atoms with Crippen molar-refractivity contribution in [3.05, 3.63) is 266 Å². The summed E-state index contributed by atoms with van der Waals surface area (Å²) in [6.45, 7) is 4.28. The zero-order valence-electron chi connectivity index (χ0n) is 39.0. The van der Waals surface area contributed by atoms with Crippen molar-refractivity contribution in [3.63, 3.8) is 0 Å². The van der Waals surface area contributed by atoms with Crippen molar-refractivity contribution >= 4 is 57.2 Å². The Morgan fingerprint density at radius 2 is 0.714 bits per heavy atom. The molecule has 1 aliphatic rings. The summed E-state index contributed by atoms with van der Waals surface area (Å²) in [5, 5.41) is 0. The maximum absolute atomic E-state index is 2.40. The zero-order chi connectivity index (χ0) is 47.0. The number of aryl methyl sites for hydroxylation is 2. The van der Waals surface area contributed by atoms with Crippen molar-refractivity contribution in [2.75, 3.05) is 9.80 Å². The molecule has 70 heavy (non-hydrogen) atoms. The van der Waals surface area contributed by atoms with Crippen molar-refractivity contribution in [3.8, 4) is 65.4 Å². The zero-order valence-corrected chi connectivity index (χ0v) is 40.6. The van der Waals surface area contributed by atoms with Gasteiger partial charge in [-0.3, -0.25) is 0 Å². The fourth-order valence-electron chi connectivity index (χ4n) is 9.69. The summed E-state index contributed by atoms with van der Waals surface area (Å²) in [6.07, 6.45) is 0. The first-order valence-corrected chi connectivity index (χ1v) is 25.4. The van der Waals surface area contributed by atoms with Gasteiger partial charge in [-0.25, -0.2) is 0 Å². The van der Waals surface area contributed by atoms with E-state index >= 15 is 0 Å². The summed E-state index contributed by atoms with van der Waals surface area (Å²) in [5.74, 6) is 0. The van der Waals surface area contributed by atoms with Crippen LogP contribution in [-0.4, -0.2) is 0 Å². The predicted octanol–water partition coefficient (Wildman–Crippen LogP) is 19.8. The second-order valence-corrected chi connectivity index (χ2v) is 20.0. The largest absolute Gasteiger partial charge is 0.310 e. The van der Waals surface area contributed by atoms with E-state index in [-0.39, 0.29) is 0 Å². The Labute approximate surface area is 419 Å². The number of anilines is 6. The van der Waals surface area contributed by atoms with Crippen LogP contribution in [0, 0.1) is 13.8 Å². The number of fused-ring (bicyclic) bond motifs is 2. The molecule has 0 atom stereocenters. The van der Waals surface area contributed by atoms with Gasteiger partial charge >= 0.3 is 0 Å². The highest BCUT2D eigenvalue weighted by molar-refractivity contribution is 7.99. The van der Waals surface area contributed by atoms with Gasteiger partial charge in [0.15, 0.2) is 0 Å². The normalized spacial score (nSPS) is 11.8. The van der Waals surface area contributed by atoms with Crippen LogP contribution in [0.15, 0.2) is 265 Å². The minimum atomic E-state index is 1.09. The molecule has 1 aliphatic heterocycles. The van der Waals surface area contributed by atoms with E-state index in [0.29, 0.717) is 0 Å². The Kier molecular flexibility index (Phi) is 11.6. The van der Waals surface area contributed by atoms with Crippen LogP contribution in [0.4, 0.5) is 34.1 Å². The molecule has 0 N–H and O–H groups in total. The molecule has 0 radical (unpaired) electrons. The first kappa shape index (κ1) is 43.2. The van der Waals surface area contributed by atoms with E-state index in [1.54, 1.807) is 0 Å². The first-order chi connectivity index (χ1) is 34.5. The van der Waals surface area contributed by atoms with Gasteiger partial charge in [0.1, 0.15) is 0 Å². The average Bonchev–Trinajstić information content (AvgIpc) is 3.82. The van der Waals surface area contributed by atoms with Crippen LogP contribution >= 0.6 is 23.1 Å². The molecular formula is C66H48N2S2. The highest BCUT2D eigenvalue weighted by Crippen LogP contribution is 2.54. The standard InChI is InChI=1S/C66H48N2S2/c1-45-27-31-47(32-28-45)53-19-13-21-57(43-53)67(58-22-14-20-54(44-58)48-33-29-46(2)30-34-48)55-39-35-51(36-40-55)65-63(49-15-5-3-6-16-49)64(50-17-7-4-8-18-50)66(70-65)52-37-41-56(42-38-52)68-59-23-9-11-25-61(59)69-62-26-12-10-24-60(62)68/h3-44H,1-2H3. The van der Waals surface area contributed by atoms with Gasteiger partial charge < -0.3 is 9.80 Å². The smallest absolute Gasteiger partial charge is 0.0601 e. The highest BCUT2D eigenvalue weighted by atomic mass is 32.2. The molecule has 4 heteroatoms. The van der Waals surface area contributed by atoms with Crippen molar-refractivity contribution in [1.29, 1.82) is 0 Å². The summed E-state index contributed by atoms with van der Waals surface area (Å²) in [5.41, 5.74) is 21.3. The van der Waals surface area contributed by atoms with Gasteiger partial charge in [-0.05, 0) is 131 Å². The van der Waals surface area contributed by atoms with Crippen LogP contribution < -0.4 is 9.80 Å². The van der Waals surface area contributed by atoms with Gasteiger partial charge in [0.2, 0.25) is 0 Å². The molecule has 0 bridgehead atoms. The number of rotatable bonds is 10. The van der Waals surface area contributed by atoms with Gasteiger partial charge in [0.25, 0.3) is 0 Å². The van der Waals surface area contributed by atoms with Crippen LogP contribution in [0.5, 0.6) is 0 Å². The summed E-state index contributed by atoms with van der Waals surface area (Å²) in [6, 6.07) is 93.2. The lowest BCUT2D eigenvalue weighted by molar-refractivity contribution is 1.17. The Hall–Kier alpha value is -8.15. The summed E-state index contributed by atoms with van der Waals surface area (Å²) in [4.78, 5) is 9.79. The molecule has 0 saturated carbocycles. The average molecular weight is 933 g/mol. The number of para-hydroxylation sites is 2. The third-order valence-electron chi connectivity index (χ3n) is 13.2. The molecule has 334 valence electrons. The van der Waals surface area contributed by atoms with Crippen LogP contribution in [0.1, 0.15) is 11.1 Å². The van der Waals surface area contributed by atoms with E-state index in [0.717, 1.165) is 22.7 Å². The van der Waals surface area contributed by atoms with Crippen LogP contribution in [-0.2, 0) is 0 Å². The minimum absolute atomic E-state index is 1.09. The third-order valence-corrected chi connectivity index (χ3v) is 15.6. The Bertz CT molecular complexity index is 3480. The topological polar surface area (TPSA) is 6.48 Å². The van der Waals surface area contributed by atoms with Gasteiger partial charge in [-0.2, -0.15) is 0 Å². The summed E-state index contributed by atoms with van der Waals surface area (Å²) >= 11 is 3.72. The van der Waals surface area contributed by atoms with E-state index in [1.807, 2.05) is 23.1 Å². The van der Waals surface area contributed by atoms with Gasteiger partial charge in [-0.1, -0.05) is 205 Å². The fraction of sp³-hybridized carbons (Fsp3) is 0.0303. The van der Waals surface area contributed by atoms with Crippen LogP contribution in [0.25, 0.3) is 65.4 Å². The molecule has 1 aromatic heterocycles. The molecule has 0 unspecified atom stereocenters. The fourth-order valence-corrected chi connectivity index (χ4v) is 12.1. The van der Waals surface area contributed by atoms with Gasteiger partial charge in [-0.15, -0.1) is 11.3 Å². The highest BCUT2D eigenvalue weighted by Gasteiger charge is 2.27. The van der Waals surface area contributed by atoms with Crippen molar-refractivity contribution in [1.82, 2.24) is 0 Å². The second-order valence-electron chi connectivity index (χ2n) is 17.9. The lowest BCUT2D eigenvalue weighted by atomic mass is 9.91. The van der Waals surface area contributed by atoms with Crippen molar-refractivity contribution < 1.29 is 0 Å². The van der Waals surface area contributed by atoms with Gasteiger partial charge in [0.05, 0.1) is 11.4 Å². The molecule has 0 fully saturated rings. The summed E-state index contributed by atoms with van der Waals surface area (Å²) in [7, 11) is 0. The number of hydrogen-bond acceptors (Lipinski definition) is 4. The molecule has 2 nitrogen and oxygen atoms in total. The molecule has 10 aromatic carbocycles. The van der Waals surface area contributed by atoms with Gasteiger partial charge in [0, 0.05) is 53.4 Å². The quantitative estimate of drug-likeness (QED) is 0.135. The molecular weight excluding hydrogens is 885 g/mol. The van der Waals surface area contributed by atoms with Crippen molar-refractivity contribution in [2.45, 2.75) is 23.6 Å². The molecule has 2 heterocycles. The maximum Gasteiger partial charge on any atom is 0.0601 e. The number of hydrogen-bond donors (Lipinski definition) is 0. The van der Waals surface area contributed by atoms with E-state index in [1.165, 1.54) is 97.7 Å². The molecule has 0 amide bonds. The lowest BCUT2D eigenvalue weighted by Crippen LogP contribution is -2.14. The maximum atomic E-state index is 2.40. The Morgan fingerprint density at radius 1 is 0.314 bits per heavy atom.